The molecule has 1 aromatic heterocycles. The average molecular weight is 354 g/mol. The van der Waals surface area contributed by atoms with Crippen molar-refractivity contribution in [2.24, 2.45) is 0 Å². The van der Waals surface area contributed by atoms with Gasteiger partial charge in [-0.2, -0.15) is 5.21 Å². The molecular formula is C17H18N6O3. The summed E-state index contributed by atoms with van der Waals surface area (Å²) in [6, 6.07) is 11.0. The summed E-state index contributed by atoms with van der Waals surface area (Å²) in [5.41, 5.74) is 0.269. The normalized spacial score (nSPS) is 10.7. The number of ether oxygens (including phenoxy) is 1. The summed E-state index contributed by atoms with van der Waals surface area (Å²) >= 11 is 0. The fraction of sp³-hybridized carbons (Fsp3) is 0.235. The van der Waals surface area contributed by atoms with E-state index in [-0.39, 0.29) is 30.1 Å². The van der Waals surface area contributed by atoms with Crippen molar-refractivity contribution in [2.75, 3.05) is 11.9 Å². The third kappa shape index (κ3) is 4.12. The lowest BCUT2D eigenvalue weighted by Crippen LogP contribution is -2.34. The van der Waals surface area contributed by atoms with Crippen LogP contribution in [0.4, 0.5) is 5.95 Å². The Balaban J connectivity index is 1.88. The maximum absolute atomic E-state index is 12.6. The lowest BCUT2D eigenvalue weighted by atomic mass is 10.1. The second kappa shape index (κ2) is 7.60. The van der Waals surface area contributed by atoms with Gasteiger partial charge >= 0.3 is 0 Å². The number of amides is 2. The second-order valence-electron chi connectivity index (χ2n) is 5.90. The molecular weight excluding hydrogens is 336 g/mol. The summed E-state index contributed by atoms with van der Waals surface area (Å²) in [5, 5.41) is 20.1. The van der Waals surface area contributed by atoms with E-state index >= 15 is 0 Å². The number of carbonyl (C=O) groups is 2. The molecule has 26 heavy (non-hydrogen) atoms. The fourth-order valence-corrected chi connectivity index (χ4v) is 2.41. The predicted molar refractivity (Wildman–Crippen MR) is 94.9 cm³/mol. The Bertz CT molecular complexity index is 923. The maximum Gasteiger partial charge on any atom is 0.270 e. The third-order valence-electron chi connectivity index (χ3n) is 3.47. The third-order valence-corrected chi connectivity index (χ3v) is 3.47. The van der Waals surface area contributed by atoms with E-state index in [1.807, 2.05) is 38.1 Å². The molecule has 0 spiro atoms. The molecule has 0 fully saturated rings. The van der Waals surface area contributed by atoms with E-state index in [4.69, 9.17) is 4.74 Å². The first-order valence-corrected chi connectivity index (χ1v) is 8.02. The highest BCUT2D eigenvalue weighted by atomic mass is 16.5. The number of nitrogens with zero attached hydrogens (tertiary/aromatic N) is 3. The lowest BCUT2D eigenvalue weighted by Gasteiger charge is -2.13. The molecule has 3 aromatic rings. The Morgan fingerprint density at radius 1 is 1.19 bits per heavy atom. The number of aromatic amines is 1. The molecule has 0 saturated heterocycles. The Kier molecular flexibility index (Phi) is 5.07. The SMILES string of the molecule is CC(C)NC(=O)COc1cc2ccccc2cc1C(=O)Nc1nn[nH]n1. The average Bonchev–Trinajstić information content (AvgIpc) is 3.11. The molecule has 0 bridgehead atoms. The number of H-pyrrole nitrogens is 1. The first-order valence-electron chi connectivity index (χ1n) is 8.02. The van der Waals surface area contributed by atoms with Gasteiger partial charge in [0.05, 0.1) is 5.56 Å². The van der Waals surface area contributed by atoms with Crippen molar-refractivity contribution in [3.8, 4) is 5.75 Å². The molecule has 0 atom stereocenters. The van der Waals surface area contributed by atoms with E-state index in [0.29, 0.717) is 5.75 Å². The number of tetrazole rings is 1. The molecule has 0 aliphatic rings. The van der Waals surface area contributed by atoms with E-state index in [2.05, 4.69) is 31.3 Å². The zero-order valence-corrected chi connectivity index (χ0v) is 14.3. The molecule has 1 heterocycles. The van der Waals surface area contributed by atoms with Gasteiger partial charge in [0.25, 0.3) is 17.8 Å². The van der Waals surface area contributed by atoms with Crippen LogP contribution in [0.15, 0.2) is 36.4 Å². The highest BCUT2D eigenvalue weighted by molar-refractivity contribution is 6.08. The number of carbonyl (C=O) groups excluding carboxylic acids is 2. The van der Waals surface area contributed by atoms with Crippen LogP contribution in [-0.2, 0) is 4.79 Å². The van der Waals surface area contributed by atoms with E-state index in [0.717, 1.165) is 10.8 Å². The van der Waals surface area contributed by atoms with Gasteiger partial charge in [-0.3, -0.25) is 14.9 Å². The summed E-state index contributed by atoms with van der Waals surface area (Å²) < 4.78 is 5.61. The minimum Gasteiger partial charge on any atom is -0.483 e. The number of aromatic nitrogens is 4. The summed E-state index contributed by atoms with van der Waals surface area (Å²) in [4.78, 5) is 24.4. The quantitative estimate of drug-likeness (QED) is 0.617. The van der Waals surface area contributed by atoms with Gasteiger partial charge in [-0.15, -0.1) is 5.10 Å². The fourth-order valence-electron chi connectivity index (χ4n) is 2.41. The maximum atomic E-state index is 12.6. The Morgan fingerprint density at radius 3 is 2.58 bits per heavy atom. The van der Waals surface area contributed by atoms with Crippen LogP contribution in [0, 0.1) is 0 Å². The van der Waals surface area contributed by atoms with E-state index in [9.17, 15) is 9.59 Å². The van der Waals surface area contributed by atoms with Crippen LogP contribution in [-0.4, -0.2) is 45.1 Å². The first kappa shape index (κ1) is 17.3. The van der Waals surface area contributed by atoms with Gasteiger partial charge in [0.15, 0.2) is 6.61 Å². The van der Waals surface area contributed by atoms with Gasteiger partial charge < -0.3 is 10.1 Å². The molecule has 3 rings (SSSR count). The van der Waals surface area contributed by atoms with Gasteiger partial charge in [0.2, 0.25) is 0 Å². The predicted octanol–water partition coefficient (Wildman–Crippen LogP) is 1.51. The smallest absolute Gasteiger partial charge is 0.270 e. The zero-order valence-electron chi connectivity index (χ0n) is 14.3. The molecule has 2 aromatic carbocycles. The number of benzene rings is 2. The molecule has 0 saturated carbocycles. The van der Waals surface area contributed by atoms with Crippen LogP contribution in [0.3, 0.4) is 0 Å². The molecule has 2 amide bonds. The molecule has 0 radical (unpaired) electrons. The number of nitrogens with one attached hydrogen (secondary N) is 3. The highest BCUT2D eigenvalue weighted by Gasteiger charge is 2.17. The van der Waals surface area contributed by atoms with Gasteiger partial charge in [-0.1, -0.05) is 29.4 Å². The van der Waals surface area contributed by atoms with Crippen molar-refractivity contribution in [1.29, 1.82) is 0 Å². The van der Waals surface area contributed by atoms with Gasteiger partial charge in [-0.25, -0.2) is 0 Å². The summed E-state index contributed by atoms with van der Waals surface area (Å²) in [5.74, 6) is -0.385. The monoisotopic (exact) mass is 354 g/mol. The Hall–Kier alpha value is -3.49. The molecule has 3 N–H and O–H groups in total. The first-order chi connectivity index (χ1) is 12.5. The van der Waals surface area contributed by atoms with Crippen LogP contribution in [0.5, 0.6) is 5.75 Å². The standard InChI is InChI=1S/C17H18N6O3/c1-10(2)18-15(24)9-26-14-8-12-6-4-3-5-11(12)7-13(14)16(25)19-17-20-22-23-21-17/h3-8,10H,9H2,1-2H3,(H,18,24)(H2,19,20,21,22,23,25). The minimum absolute atomic E-state index is 0.00344. The summed E-state index contributed by atoms with van der Waals surface area (Å²) in [6.07, 6.45) is 0. The molecule has 134 valence electrons. The zero-order chi connectivity index (χ0) is 18.5. The van der Waals surface area contributed by atoms with E-state index in [1.165, 1.54) is 0 Å². The van der Waals surface area contributed by atoms with Crippen molar-refractivity contribution in [2.45, 2.75) is 19.9 Å². The number of anilines is 1. The van der Waals surface area contributed by atoms with Crippen molar-refractivity contribution >= 4 is 28.5 Å². The minimum atomic E-state index is -0.462. The molecule has 9 nitrogen and oxygen atoms in total. The Labute approximate surface area is 149 Å². The highest BCUT2D eigenvalue weighted by Crippen LogP contribution is 2.26. The van der Waals surface area contributed by atoms with Crippen molar-refractivity contribution in [3.05, 3.63) is 42.0 Å². The largest absolute Gasteiger partial charge is 0.483 e. The molecule has 0 aliphatic heterocycles. The van der Waals surface area contributed by atoms with Gasteiger partial charge in [0, 0.05) is 6.04 Å². The second-order valence-corrected chi connectivity index (χ2v) is 5.90. The van der Waals surface area contributed by atoms with Crippen molar-refractivity contribution < 1.29 is 14.3 Å². The number of hydrogen-bond acceptors (Lipinski definition) is 6. The van der Waals surface area contributed by atoms with Crippen LogP contribution in [0.25, 0.3) is 10.8 Å². The van der Waals surface area contributed by atoms with Gasteiger partial charge in [0.1, 0.15) is 5.75 Å². The topological polar surface area (TPSA) is 122 Å². The van der Waals surface area contributed by atoms with Crippen LogP contribution < -0.4 is 15.4 Å². The molecule has 0 unspecified atom stereocenters. The van der Waals surface area contributed by atoms with E-state index < -0.39 is 5.91 Å². The van der Waals surface area contributed by atoms with Crippen LogP contribution in [0.2, 0.25) is 0 Å². The van der Waals surface area contributed by atoms with Crippen molar-refractivity contribution in [3.63, 3.8) is 0 Å². The van der Waals surface area contributed by atoms with Gasteiger partial charge in [-0.05, 0) is 42.0 Å². The molecule has 9 heteroatoms. The Morgan fingerprint density at radius 2 is 1.92 bits per heavy atom. The summed E-state index contributed by atoms with van der Waals surface area (Å²) in [6.45, 7) is 3.52. The summed E-state index contributed by atoms with van der Waals surface area (Å²) in [7, 11) is 0. The number of hydrogen-bond donors (Lipinski definition) is 3. The number of rotatable bonds is 6. The lowest BCUT2D eigenvalue weighted by molar-refractivity contribution is -0.123. The van der Waals surface area contributed by atoms with Crippen molar-refractivity contribution in [1.82, 2.24) is 25.9 Å². The van der Waals surface area contributed by atoms with Crippen LogP contribution in [0.1, 0.15) is 24.2 Å². The number of fused-ring (bicyclic) bond motifs is 1. The van der Waals surface area contributed by atoms with Crippen LogP contribution >= 0.6 is 0 Å². The van der Waals surface area contributed by atoms with E-state index in [1.54, 1.807) is 12.1 Å². The molecule has 0 aliphatic carbocycles.